The van der Waals surface area contributed by atoms with Crippen LogP contribution in [0, 0.1) is 0 Å². The second-order valence-electron chi connectivity index (χ2n) is 5.75. The minimum Gasteiger partial charge on any atom is -0.382 e. The molecule has 1 aromatic carbocycles. The number of thiazole rings is 1. The summed E-state index contributed by atoms with van der Waals surface area (Å²) in [5.74, 6) is -1.18. The van der Waals surface area contributed by atoms with Crippen molar-refractivity contribution in [1.29, 1.82) is 0 Å². The summed E-state index contributed by atoms with van der Waals surface area (Å²) >= 11 is 2.72. The molecule has 0 bridgehead atoms. The van der Waals surface area contributed by atoms with Gasteiger partial charge in [-0.05, 0) is 30.7 Å². The van der Waals surface area contributed by atoms with Crippen LogP contribution in [0.3, 0.4) is 0 Å². The molecular formula is C14H15N5O4S3. The maximum Gasteiger partial charge on any atom is 0.280 e. The van der Waals surface area contributed by atoms with Crippen LogP contribution in [0.5, 0.6) is 0 Å². The molecule has 9 nitrogen and oxygen atoms in total. The van der Waals surface area contributed by atoms with Crippen LogP contribution in [0.2, 0.25) is 0 Å². The van der Waals surface area contributed by atoms with E-state index in [0.29, 0.717) is 39.6 Å². The van der Waals surface area contributed by atoms with E-state index in [1.54, 1.807) is 12.1 Å². The van der Waals surface area contributed by atoms with E-state index in [4.69, 9.17) is 15.6 Å². The van der Waals surface area contributed by atoms with Gasteiger partial charge in [-0.15, -0.1) is 0 Å². The van der Waals surface area contributed by atoms with E-state index in [0.717, 1.165) is 0 Å². The van der Waals surface area contributed by atoms with Crippen molar-refractivity contribution >= 4 is 54.8 Å². The number of primary sulfonamides is 1. The van der Waals surface area contributed by atoms with Gasteiger partial charge < -0.3 is 20.9 Å². The van der Waals surface area contributed by atoms with Crippen molar-refractivity contribution in [2.45, 2.75) is 22.5 Å². The second kappa shape index (κ2) is 6.18. The summed E-state index contributed by atoms with van der Waals surface area (Å²) in [6.45, 7) is 0.477. The van der Waals surface area contributed by atoms with Crippen molar-refractivity contribution in [1.82, 2.24) is 4.98 Å². The van der Waals surface area contributed by atoms with Gasteiger partial charge in [0.25, 0.3) is 5.91 Å². The molecule has 138 valence electrons. The minimum absolute atomic E-state index is 0.0267. The van der Waals surface area contributed by atoms with Crippen LogP contribution in [-0.4, -0.2) is 41.3 Å². The predicted octanol–water partition coefficient (Wildman–Crippen LogP) is 1.04. The first kappa shape index (κ1) is 17.7. The average molecular weight is 414 g/mol. The van der Waals surface area contributed by atoms with Crippen molar-refractivity contribution in [3.8, 4) is 0 Å². The Morgan fingerprint density at radius 2 is 2.08 bits per heavy atom. The predicted molar refractivity (Wildman–Crippen MR) is 101 cm³/mol. The second-order valence-corrected chi connectivity index (χ2v) is 9.50. The van der Waals surface area contributed by atoms with Crippen molar-refractivity contribution < 1.29 is 18.3 Å². The minimum atomic E-state index is -3.73. The van der Waals surface area contributed by atoms with E-state index in [1.165, 1.54) is 35.2 Å². The van der Waals surface area contributed by atoms with E-state index in [9.17, 15) is 13.5 Å². The van der Waals surface area contributed by atoms with Crippen LogP contribution in [0.1, 0.15) is 11.3 Å². The number of aliphatic imine (C=N–C) groups is 1. The highest BCUT2D eigenvalue weighted by Crippen LogP contribution is 2.45. The third kappa shape index (κ3) is 3.19. The summed E-state index contributed by atoms with van der Waals surface area (Å²) in [6.07, 6.45) is 0.717. The van der Waals surface area contributed by atoms with E-state index < -0.39 is 15.9 Å². The molecule has 2 aliphatic rings. The fourth-order valence-electron chi connectivity index (χ4n) is 2.64. The molecule has 1 aromatic heterocycles. The molecular weight excluding hydrogens is 398 g/mol. The highest BCUT2D eigenvalue weighted by Gasteiger charge is 2.49. The molecule has 3 heterocycles. The monoisotopic (exact) mass is 413 g/mol. The van der Waals surface area contributed by atoms with Gasteiger partial charge in [0, 0.05) is 5.69 Å². The van der Waals surface area contributed by atoms with Gasteiger partial charge in [0.2, 0.25) is 10.0 Å². The summed E-state index contributed by atoms with van der Waals surface area (Å²) in [5, 5.41) is 19.5. The van der Waals surface area contributed by atoms with Crippen LogP contribution in [0.4, 0.5) is 16.6 Å². The van der Waals surface area contributed by atoms with E-state index in [-0.39, 0.29) is 10.1 Å². The molecule has 1 fully saturated rings. The Balaban J connectivity index is 1.55. The fraction of sp³-hybridized carbons (Fsp3) is 0.286. The Labute approximate surface area is 157 Å². The Morgan fingerprint density at radius 1 is 1.35 bits per heavy atom. The number of hydrogen-bond donors (Lipinski definition) is 4. The molecule has 2 aliphatic heterocycles. The van der Waals surface area contributed by atoms with Gasteiger partial charge in [-0.1, -0.05) is 23.1 Å². The smallest absolute Gasteiger partial charge is 0.280 e. The maximum absolute atomic E-state index is 11.3. The van der Waals surface area contributed by atoms with Gasteiger partial charge in [-0.3, -0.25) is 0 Å². The Morgan fingerprint density at radius 3 is 2.73 bits per heavy atom. The normalized spacial score (nSPS) is 25.2. The lowest BCUT2D eigenvalue weighted by molar-refractivity contribution is -0.157. The van der Waals surface area contributed by atoms with Gasteiger partial charge in [0.1, 0.15) is 15.7 Å². The summed E-state index contributed by atoms with van der Waals surface area (Å²) in [6, 6.07) is 5.97. The lowest BCUT2D eigenvalue weighted by atomic mass is 10.3. The maximum atomic E-state index is 11.3. The number of nitrogen functional groups attached to an aromatic ring is 1. The first-order chi connectivity index (χ1) is 12.2. The van der Waals surface area contributed by atoms with Crippen LogP contribution >= 0.6 is 23.1 Å². The zero-order valence-electron chi connectivity index (χ0n) is 13.2. The third-order valence-electron chi connectivity index (χ3n) is 3.91. The van der Waals surface area contributed by atoms with E-state index >= 15 is 0 Å². The van der Waals surface area contributed by atoms with E-state index in [2.05, 4.69) is 15.3 Å². The SMILES string of the molecule is Nc1nc(Nc2ccc(S(N)(=O)=O)cc2)sc1C1=NC2(O)OCCC2S1. The van der Waals surface area contributed by atoms with E-state index in [1.807, 2.05) is 0 Å². The molecule has 0 saturated carbocycles. The summed E-state index contributed by atoms with van der Waals surface area (Å²) < 4.78 is 27.9. The summed E-state index contributed by atoms with van der Waals surface area (Å²) in [4.78, 5) is 9.22. The Kier molecular flexibility index (Phi) is 4.21. The number of thioether (sulfide) groups is 1. The number of nitrogens with one attached hydrogen (secondary N) is 1. The van der Waals surface area contributed by atoms with Gasteiger partial charge in [0.15, 0.2) is 5.13 Å². The largest absolute Gasteiger partial charge is 0.382 e. The molecule has 26 heavy (non-hydrogen) atoms. The highest BCUT2D eigenvalue weighted by molar-refractivity contribution is 8.15. The first-order valence-corrected chi connectivity index (χ1v) is 10.8. The van der Waals surface area contributed by atoms with Crippen molar-refractivity contribution in [3.63, 3.8) is 0 Å². The standard InChI is InChI=1S/C14H15N5O4S3/c15-11-10(12-19-14(20)9(24-12)5-6-23-14)25-13(18-11)17-7-1-3-8(4-2-7)26(16,21)22/h1-4,9,20H,5-6,15H2,(H,17,18)(H2,16,21,22). The van der Waals surface area contributed by atoms with Crippen molar-refractivity contribution in [3.05, 3.63) is 29.1 Å². The zero-order valence-corrected chi connectivity index (χ0v) is 15.7. The van der Waals surface area contributed by atoms with Gasteiger partial charge in [-0.25, -0.2) is 23.5 Å². The molecule has 4 rings (SSSR count). The molecule has 12 heteroatoms. The quantitative estimate of drug-likeness (QED) is 0.580. The Bertz CT molecular complexity index is 989. The molecule has 2 aromatic rings. The topological polar surface area (TPSA) is 153 Å². The highest BCUT2D eigenvalue weighted by atomic mass is 32.2. The third-order valence-corrected chi connectivity index (χ3v) is 7.31. The molecule has 0 spiro atoms. The average Bonchev–Trinajstić information content (AvgIpc) is 3.18. The summed E-state index contributed by atoms with van der Waals surface area (Å²) in [5.41, 5.74) is 6.63. The molecule has 6 N–H and O–H groups in total. The fourth-order valence-corrected chi connectivity index (χ4v) is 5.37. The number of fused-ring (bicyclic) bond motifs is 1. The number of aromatic nitrogens is 1. The number of sulfonamides is 1. The first-order valence-electron chi connectivity index (χ1n) is 7.54. The number of hydrogen-bond acceptors (Lipinski definition) is 10. The molecule has 0 radical (unpaired) electrons. The van der Waals surface area contributed by atoms with Crippen LogP contribution < -0.4 is 16.2 Å². The molecule has 1 saturated heterocycles. The van der Waals surface area contributed by atoms with Crippen LogP contribution in [-0.2, 0) is 14.8 Å². The lowest BCUT2D eigenvalue weighted by Gasteiger charge is -2.15. The summed E-state index contributed by atoms with van der Waals surface area (Å²) in [7, 11) is -3.73. The number of anilines is 3. The number of nitrogens with zero attached hydrogens (tertiary/aromatic N) is 2. The van der Waals surface area contributed by atoms with Crippen LogP contribution in [0.25, 0.3) is 0 Å². The van der Waals surface area contributed by atoms with Gasteiger partial charge in [-0.2, -0.15) is 0 Å². The molecule has 0 aliphatic carbocycles. The van der Waals surface area contributed by atoms with Crippen molar-refractivity contribution in [2.24, 2.45) is 10.1 Å². The number of benzene rings is 1. The number of aliphatic hydroxyl groups is 1. The number of ether oxygens (including phenoxy) is 1. The van der Waals surface area contributed by atoms with Crippen molar-refractivity contribution in [2.75, 3.05) is 17.7 Å². The lowest BCUT2D eigenvalue weighted by Crippen LogP contribution is -2.31. The number of rotatable bonds is 4. The Hall–Kier alpha value is -1.70. The van der Waals surface area contributed by atoms with Gasteiger partial charge >= 0.3 is 0 Å². The van der Waals surface area contributed by atoms with Crippen LogP contribution in [0.15, 0.2) is 34.2 Å². The zero-order chi connectivity index (χ0) is 18.5. The molecule has 0 amide bonds. The molecule has 2 unspecified atom stereocenters. The number of nitrogens with two attached hydrogens (primary N) is 2. The van der Waals surface area contributed by atoms with Gasteiger partial charge in [0.05, 0.1) is 16.8 Å². The molecule has 2 atom stereocenters.